The Hall–Kier alpha value is -3.13. The number of ether oxygens (including phenoxy) is 1. The summed E-state index contributed by atoms with van der Waals surface area (Å²) in [5.41, 5.74) is 2.93. The lowest BCUT2D eigenvalue weighted by atomic mass is 10.1. The van der Waals surface area contributed by atoms with E-state index >= 15 is 0 Å². The molecule has 0 radical (unpaired) electrons. The highest BCUT2D eigenvalue weighted by atomic mass is 32.1. The smallest absolute Gasteiger partial charge is 0.226 e. The molecule has 0 aliphatic carbocycles. The van der Waals surface area contributed by atoms with Crippen molar-refractivity contribution in [2.75, 3.05) is 11.9 Å². The van der Waals surface area contributed by atoms with Gasteiger partial charge in [0.05, 0.1) is 13.2 Å². The van der Waals surface area contributed by atoms with E-state index in [4.69, 9.17) is 9.15 Å². The number of nitrogens with one attached hydrogen (secondary N) is 2. The fourth-order valence-corrected chi connectivity index (χ4v) is 3.60. The number of benzene rings is 1. The predicted octanol–water partition coefficient (Wildman–Crippen LogP) is 4.84. The number of aryl methyl sites for hydroxylation is 2. The molecule has 3 rings (SSSR count). The Morgan fingerprint density at radius 1 is 1.16 bits per heavy atom. The molecule has 0 aliphatic heterocycles. The summed E-state index contributed by atoms with van der Waals surface area (Å²) >= 11 is 1.35. The minimum Gasteiger partial charge on any atom is -0.493 e. The number of carbonyl (C=O) groups is 2. The number of nitrogens with zero attached hydrogens (tertiary/aromatic N) is 1. The van der Waals surface area contributed by atoms with E-state index < -0.39 is 0 Å². The summed E-state index contributed by atoms with van der Waals surface area (Å²) in [4.78, 5) is 27.6. The van der Waals surface area contributed by atoms with E-state index in [0.29, 0.717) is 41.9 Å². The Balaban J connectivity index is 1.40. The molecule has 2 N–H and O–H groups in total. The average molecular weight is 442 g/mol. The third kappa shape index (κ3) is 6.96. The molecule has 0 aliphatic rings. The highest BCUT2D eigenvalue weighted by Gasteiger charge is 2.11. The Labute approximate surface area is 185 Å². The molecule has 0 saturated heterocycles. The molecule has 3 aromatic rings. The fourth-order valence-electron chi connectivity index (χ4n) is 2.88. The minimum absolute atomic E-state index is 0.0709. The molecule has 2 aromatic heterocycles. The van der Waals surface area contributed by atoms with Gasteiger partial charge in [0, 0.05) is 18.7 Å². The second-order valence-corrected chi connectivity index (χ2v) is 8.19. The second-order valence-electron chi connectivity index (χ2n) is 7.34. The molecule has 8 heteroatoms. The van der Waals surface area contributed by atoms with Gasteiger partial charge in [-0.2, -0.15) is 0 Å². The summed E-state index contributed by atoms with van der Waals surface area (Å²) in [6.07, 6.45) is 1.94. The number of hydrogen-bond donors (Lipinski definition) is 2. The first kappa shape index (κ1) is 22.6. The Bertz CT molecular complexity index is 1040. The predicted molar refractivity (Wildman–Crippen MR) is 121 cm³/mol. The molecular formula is C23H27N3O4S. The van der Waals surface area contributed by atoms with Crippen molar-refractivity contribution >= 4 is 28.3 Å². The second kappa shape index (κ2) is 10.8. The van der Waals surface area contributed by atoms with Crippen LogP contribution in [0, 0.1) is 13.8 Å². The molecule has 2 heterocycles. The van der Waals surface area contributed by atoms with Crippen molar-refractivity contribution in [3.05, 3.63) is 52.6 Å². The Morgan fingerprint density at radius 2 is 2.00 bits per heavy atom. The zero-order chi connectivity index (χ0) is 22.2. The molecule has 31 heavy (non-hydrogen) atoms. The van der Waals surface area contributed by atoms with Gasteiger partial charge in [-0.25, -0.2) is 4.98 Å². The Kier molecular flexibility index (Phi) is 7.83. The number of rotatable bonds is 10. The lowest BCUT2D eigenvalue weighted by Crippen LogP contribution is -2.18. The summed E-state index contributed by atoms with van der Waals surface area (Å²) in [5, 5.41) is 7.88. The van der Waals surface area contributed by atoms with Crippen molar-refractivity contribution in [2.45, 2.75) is 46.6 Å². The quantitative estimate of drug-likeness (QED) is 0.439. The van der Waals surface area contributed by atoms with Crippen LogP contribution in [0.25, 0.3) is 11.5 Å². The minimum atomic E-state index is -0.117. The average Bonchev–Trinajstić information content (AvgIpc) is 3.38. The van der Waals surface area contributed by atoms with Crippen molar-refractivity contribution < 1.29 is 18.7 Å². The van der Waals surface area contributed by atoms with Gasteiger partial charge in [-0.15, -0.1) is 11.3 Å². The van der Waals surface area contributed by atoms with E-state index in [1.165, 1.54) is 23.8 Å². The van der Waals surface area contributed by atoms with Crippen LogP contribution in [0.3, 0.4) is 0 Å². The van der Waals surface area contributed by atoms with E-state index in [9.17, 15) is 9.59 Å². The van der Waals surface area contributed by atoms with Gasteiger partial charge in [-0.1, -0.05) is 12.1 Å². The van der Waals surface area contributed by atoms with Crippen molar-refractivity contribution in [3.8, 4) is 17.2 Å². The van der Waals surface area contributed by atoms with Gasteiger partial charge in [0.25, 0.3) is 0 Å². The highest BCUT2D eigenvalue weighted by molar-refractivity contribution is 7.14. The molecule has 0 bridgehead atoms. The van der Waals surface area contributed by atoms with E-state index in [-0.39, 0.29) is 11.8 Å². The van der Waals surface area contributed by atoms with E-state index in [0.717, 1.165) is 24.2 Å². The SMILES string of the molecule is CC(=O)NCc1ccc(-c2csc(NC(=O)CCCCOc3cc(C)ccc3C)n2)o1. The molecule has 164 valence electrons. The normalized spacial score (nSPS) is 10.7. The lowest BCUT2D eigenvalue weighted by Gasteiger charge is -2.09. The fraction of sp³-hybridized carbons (Fsp3) is 0.348. The van der Waals surface area contributed by atoms with Crippen LogP contribution in [0.2, 0.25) is 0 Å². The van der Waals surface area contributed by atoms with Gasteiger partial charge in [0.1, 0.15) is 17.2 Å². The topological polar surface area (TPSA) is 93.5 Å². The lowest BCUT2D eigenvalue weighted by molar-refractivity contribution is -0.119. The van der Waals surface area contributed by atoms with Crippen LogP contribution in [0.4, 0.5) is 5.13 Å². The first-order valence-corrected chi connectivity index (χ1v) is 11.1. The van der Waals surface area contributed by atoms with Crippen LogP contribution in [0.5, 0.6) is 5.75 Å². The Morgan fingerprint density at radius 3 is 2.81 bits per heavy atom. The van der Waals surface area contributed by atoms with Gasteiger partial charge >= 0.3 is 0 Å². The summed E-state index contributed by atoms with van der Waals surface area (Å²) < 4.78 is 11.5. The van der Waals surface area contributed by atoms with E-state index in [1.807, 2.05) is 31.4 Å². The zero-order valence-corrected chi connectivity index (χ0v) is 18.8. The first-order valence-electron chi connectivity index (χ1n) is 10.2. The maximum atomic E-state index is 12.2. The number of carbonyl (C=O) groups excluding carboxylic acids is 2. The molecule has 0 fully saturated rings. The number of amides is 2. The molecule has 2 amide bonds. The van der Waals surface area contributed by atoms with Gasteiger partial charge in [0.15, 0.2) is 10.9 Å². The number of anilines is 1. The molecule has 7 nitrogen and oxygen atoms in total. The van der Waals surface area contributed by atoms with Crippen LogP contribution in [0.1, 0.15) is 43.1 Å². The van der Waals surface area contributed by atoms with Crippen LogP contribution in [0.15, 0.2) is 40.1 Å². The number of furan rings is 1. The molecule has 1 aromatic carbocycles. The first-order chi connectivity index (χ1) is 14.9. The number of unbranched alkanes of at least 4 members (excludes halogenated alkanes) is 1. The van der Waals surface area contributed by atoms with Crippen LogP contribution >= 0.6 is 11.3 Å². The van der Waals surface area contributed by atoms with Gasteiger partial charge in [0.2, 0.25) is 11.8 Å². The third-order valence-electron chi connectivity index (χ3n) is 4.58. The van der Waals surface area contributed by atoms with Gasteiger partial charge in [-0.05, 0) is 56.0 Å². The summed E-state index contributed by atoms with van der Waals surface area (Å²) in [6, 6.07) is 9.74. The van der Waals surface area contributed by atoms with Crippen LogP contribution in [-0.2, 0) is 16.1 Å². The van der Waals surface area contributed by atoms with Crippen LogP contribution < -0.4 is 15.4 Å². The van der Waals surface area contributed by atoms with Crippen molar-refractivity contribution in [3.63, 3.8) is 0 Å². The molecule has 0 spiro atoms. The standard InChI is InChI=1S/C23H27N3O4S/c1-15-7-8-16(2)21(12-15)29-11-5-4-6-22(28)26-23-25-19(14-31-23)20-10-9-18(30-20)13-24-17(3)27/h7-10,12,14H,4-6,11,13H2,1-3H3,(H,24,27)(H,25,26,28). The number of hydrogen-bond acceptors (Lipinski definition) is 6. The van der Waals surface area contributed by atoms with Crippen molar-refractivity contribution in [1.29, 1.82) is 0 Å². The molecular weight excluding hydrogens is 414 g/mol. The maximum Gasteiger partial charge on any atom is 0.226 e. The third-order valence-corrected chi connectivity index (χ3v) is 5.33. The summed E-state index contributed by atoms with van der Waals surface area (Å²) in [7, 11) is 0. The summed E-state index contributed by atoms with van der Waals surface area (Å²) in [5.74, 6) is 1.96. The van der Waals surface area contributed by atoms with Gasteiger partial charge < -0.3 is 19.8 Å². The largest absolute Gasteiger partial charge is 0.493 e. The molecule has 0 atom stereocenters. The number of thiazole rings is 1. The van der Waals surface area contributed by atoms with Crippen LogP contribution in [-0.4, -0.2) is 23.4 Å². The van der Waals surface area contributed by atoms with Crippen molar-refractivity contribution in [2.24, 2.45) is 0 Å². The summed E-state index contributed by atoms with van der Waals surface area (Å²) in [6.45, 7) is 6.43. The monoisotopic (exact) mass is 441 g/mol. The number of aromatic nitrogens is 1. The maximum absolute atomic E-state index is 12.2. The van der Waals surface area contributed by atoms with Crippen molar-refractivity contribution in [1.82, 2.24) is 10.3 Å². The highest BCUT2D eigenvalue weighted by Crippen LogP contribution is 2.27. The van der Waals surface area contributed by atoms with Gasteiger partial charge in [-0.3, -0.25) is 9.59 Å². The molecule has 0 saturated carbocycles. The van der Waals surface area contributed by atoms with E-state index in [1.54, 1.807) is 12.1 Å². The van der Waals surface area contributed by atoms with E-state index in [2.05, 4.69) is 21.7 Å². The zero-order valence-electron chi connectivity index (χ0n) is 18.0. The molecule has 0 unspecified atom stereocenters.